The van der Waals surface area contributed by atoms with Gasteiger partial charge < -0.3 is 47.4 Å². The molecule has 0 aromatic rings. The van der Waals surface area contributed by atoms with Crippen LogP contribution in [0.3, 0.4) is 0 Å². The average molecular weight is 527 g/mol. The molecule has 0 aliphatic rings. The summed E-state index contributed by atoms with van der Waals surface area (Å²) in [5, 5.41) is 0. The van der Waals surface area contributed by atoms with Crippen LogP contribution in [0.25, 0.3) is 0 Å². The molecule has 0 saturated heterocycles. The second-order valence-electron chi connectivity index (χ2n) is 7.00. The molecule has 12 nitrogen and oxygen atoms in total. The number of hydrogen-bond acceptors (Lipinski definition) is 12. The largest absolute Gasteiger partial charge is 0.460 e. The van der Waals surface area contributed by atoms with Crippen molar-refractivity contribution in [2.75, 3.05) is 92.5 Å². The van der Waals surface area contributed by atoms with Gasteiger partial charge in [-0.05, 0) is 27.7 Å². The number of hydrogen-bond donors (Lipinski definition) is 0. The van der Waals surface area contributed by atoms with E-state index in [9.17, 15) is 9.59 Å². The van der Waals surface area contributed by atoms with E-state index in [1.165, 1.54) is 0 Å². The maximum absolute atomic E-state index is 12.1. The molecule has 0 aliphatic carbocycles. The molecule has 0 radical (unpaired) electrons. The first-order valence-electron chi connectivity index (χ1n) is 12.7. The van der Waals surface area contributed by atoms with Gasteiger partial charge >= 0.3 is 11.9 Å². The van der Waals surface area contributed by atoms with Crippen molar-refractivity contribution >= 4 is 11.9 Å². The van der Waals surface area contributed by atoms with Gasteiger partial charge in [0.05, 0.1) is 65.7 Å². The van der Waals surface area contributed by atoms with Gasteiger partial charge in [0.1, 0.15) is 13.2 Å². The first-order valence-corrected chi connectivity index (χ1v) is 12.7. The zero-order chi connectivity index (χ0) is 26.7. The van der Waals surface area contributed by atoms with E-state index in [4.69, 9.17) is 47.4 Å². The highest BCUT2D eigenvalue weighted by Gasteiger charge is 2.17. The molecule has 0 bridgehead atoms. The van der Waals surface area contributed by atoms with Crippen LogP contribution < -0.4 is 0 Å². The van der Waals surface area contributed by atoms with Gasteiger partial charge in [0.2, 0.25) is 0 Å². The minimum absolute atomic E-state index is 0.116. The van der Waals surface area contributed by atoms with E-state index in [2.05, 4.69) is 0 Å². The van der Waals surface area contributed by atoms with Crippen LogP contribution in [0.2, 0.25) is 0 Å². The van der Waals surface area contributed by atoms with Crippen LogP contribution in [0.15, 0.2) is 0 Å². The Bertz CT molecular complexity index is 437. The fraction of sp³-hybridized carbons (Fsp3) is 0.917. The molecule has 12 heteroatoms. The first kappa shape index (κ1) is 34.6. The zero-order valence-corrected chi connectivity index (χ0v) is 22.4. The van der Waals surface area contributed by atoms with Crippen LogP contribution in [-0.2, 0) is 57.0 Å². The highest BCUT2D eigenvalue weighted by Crippen LogP contribution is 2.03. The van der Waals surface area contributed by atoms with Gasteiger partial charge in [0.15, 0.2) is 12.6 Å². The molecule has 0 fully saturated rings. The van der Waals surface area contributed by atoms with Gasteiger partial charge in [-0.25, -0.2) is 0 Å². The summed E-state index contributed by atoms with van der Waals surface area (Å²) >= 11 is 0. The third kappa shape index (κ3) is 23.0. The van der Waals surface area contributed by atoms with Gasteiger partial charge in [0.25, 0.3) is 0 Å². The molecular formula is C24H46O12. The summed E-state index contributed by atoms with van der Waals surface area (Å²) in [6.45, 7) is 12.3. The van der Waals surface area contributed by atoms with E-state index in [-0.39, 0.29) is 52.5 Å². The minimum Gasteiger partial charge on any atom is -0.460 e. The van der Waals surface area contributed by atoms with Crippen LogP contribution in [0.4, 0.5) is 0 Å². The Labute approximate surface area is 215 Å². The van der Waals surface area contributed by atoms with E-state index in [1.807, 2.05) is 27.7 Å². The van der Waals surface area contributed by atoms with Gasteiger partial charge in [0, 0.05) is 26.4 Å². The summed E-state index contributed by atoms with van der Waals surface area (Å²) in [6, 6.07) is 0. The van der Waals surface area contributed by atoms with E-state index in [1.54, 1.807) is 0 Å². The maximum Gasteiger partial charge on any atom is 0.306 e. The van der Waals surface area contributed by atoms with Crippen molar-refractivity contribution in [3.63, 3.8) is 0 Å². The fourth-order valence-corrected chi connectivity index (χ4v) is 2.49. The minimum atomic E-state index is -0.759. The lowest BCUT2D eigenvalue weighted by Gasteiger charge is -2.19. The smallest absolute Gasteiger partial charge is 0.306 e. The summed E-state index contributed by atoms with van der Waals surface area (Å²) in [7, 11) is 0. The quantitative estimate of drug-likeness (QED) is 0.0878. The SMILES string of the molecule is CCOCCOC(COC(=O)CCC(=O)OCC(OCCOCC)OCCOCC)OCCOCC. The van der Waals surface area contributed by atoms with Crippen LogP contribution in [0.1, 0.15) is 40.5 Å². The number of esters is 2. The van der Waals surface area contributed by atoms with Crippen molar-refractivity contribution in [2.45, 2.75) is 53.1 Å². The molecule has 0 heterocycles. The lowest BCUT2D eigenvalue weighted by atomic mass is 10.3. The summed E-state index contributed by atoms with van der Waals surface area (Å²) in [5.41, 5.74) is 0. The lowest BCUT2D eigenvalue weighted by Crippen LogP contribution is -2.29. The predicted molar refractivity (Wildman–Crippen MR) is 129 cm³/mol. The Hall–Kier alpha value is -1.38. The molecule has 36 heavy (non-hydrogen) atoms. The number of carbonyl (C=O) groups excluding carboxylic acids is 2. The van der Waals surface area contributed by atoms with Crippen molar-refractivity contribution in [1.29, 1.82) is 0 Å². The summed E-state index contributed by atoms with van der Waals surface area (Å²) in [5.74, 6) is -1.15. The topological polar surface area (TPSA) is 126 Å². The summed E-state index contributed by atoms with van der Waals surface area (Å²) in [4.78, 5) is 24.2. The Kier molecular flexibility index (Phi) is 25.7. The van der Waals surface area contributed by atoms with Crippen LogP contribution in [-0.4, -0.2) is 117 Å². The van der Waals surface area contributed by atoms with Crippen molar-refractivity contribution in [3.05, 3.63) is 0 Å². The molecule has 0 aliphatic heterocycles. The van der Waals surface area contributed by atoms with E-state index in [0.29, 0.717) is 52.9 Å². The van der Waals surface area contributed by atoms with Gasteiger partial charge in [-0.3, -0.25) is 9.59 Å². The lowest BCUT2D eigenvalue weighted by molar-refractivity contribution is -0.192. The second kappa shape index (κ2) is 26.7. The number of rotatable bonds is 27. The molecule has 0 rings (SSSR count). The Balaban J connectivity index is 4.30. The van der Waals surface area contributed by atoms with Crippen LogP contribution in [0, 0.1) is 0 Å². The van der Waals surface area contributed by atoms with Crippen molar-refractivity contribution in [3.8, 4) is 0 Å². The maximum atomic E-state index is 12.1. The monoisotopic (exact) mass is 526 g/mol. The molecule has 0 spiro atoms. The second-order valence-corrected chi connectivity index (χ2v) is 7.00. The summed E-state index contributed by atoms with van der Waals surface area (Å²) in [6.07, 6.45) is -1.81. The zero-order valence-electron chi connectivity index (χ0n) is 22.4. The third-order valence-electron chi connectivity index (χ3n) is 4.24. The van der Waals surface area contributed by atoms with Crippen LogP contribution >= 0.6 is 0 Å². The van der Waals surface area contributed by atoms with E-state index in [0.717, 1.165) is 0 Å². The highest BCUT2D eigenvalue weighted by atomic mass is 16.7. The van der Waals surface area contributed by atoms with Crippen molar-refractivity contribution < 1.29 is 57.0 Å². The van der Waals surface area contributed by atoms with E-state index < -0.39 is 24.5 Å². The van der Waals surface area contributed by atoms with Gasteiger partial charge in [-0.2, -0.15) is 0 Å². The van der Waals surface area contributed by atoms with Crippen molar-refractivity contribution in [2.24, 2.45) is 0 Å². The Morgan fingerprint density at radius 1 is 0.472 bits per heavy atom. The number of ether oxygens (including phenoxy) is 10. The molecule has 0 N–H and O–H groups in total. The first-order chi connectivity index (χ1) is 17.6. The Morgan fingerprint density at radius 2 is 0.750 bits per heavy atom. The molecule has 0 unspecified atom stereocenters. The average Bonchev–Trinajstić information content (AvgIpc) is 2.88. The normalized spacial score (nSPS) is 11.4. The predicted octanol–water partition coefficient (Wildman–Crippen LogP) is 1.72. The van der Waals surface area contributed by atoms with Gasteiger partial charge in [-0.15, -0.1) is 0 Å². The fourth-order valence-electron chi connectivity index (χ4n) is 2.49. The Morgan fingerprint density at radius 3 is 1.00 bits per heavy atom. The molecule has 0 aromatic heterocycles. The highest BCUT2D eigenvalue weighted by molar-refractivity contribution is 5.77. The van der Waals surface area contributed by atoms with Crippen molar-refractivity contribution in [1.82, 2.24) is 0 Å². The molecule has 0 aromatic carbocycles. The third-order valence-corrected chi connectivity index (χ3v) is 4.24. The molecule has 0 amide bonds. The molecule has 0 saturated carbocycles. The molecular weight excluding hydrogens is 480 g/mol. The van der Waals surface area contributed by atoms with Crippen LogP contribution in [0.5, 0.6) is 0 Å². The summed E-state index contributed by atoms with van der Waals surface area (Å²) < 4.78 is 53.5. The standard InChI is InChI=1S/C24H46O12/c1-5-27-11-15-31-23(32-16-12-28-6-2)19-35-21(25)9-10-22(26)36-20-24(33-17-13-29-7-3)34-18-14-30-8-4/h23-24H,5-20H2,1-4H3. The molecule has 214 valence electrons. The molecule has 0 atom stereocenters. The van der Waals surface area contributed by atoms with Gasteiger partial charge in [-0.1, -0.05) is 0 Å². The van der Waals surface area contributed by atoms with E-state index >= 15 is 0 Å². The number of carbonyl (C=O) groups is 2.